The number of hydrogen-bond acceptors (Lipinski definition) is 3. The predicted molar refractivity (Wildman–Crippen MR) is 51.1 cm³/mol. The first kappa shape index (κ1) is 12.1. The lowest BCUT2D eigenvalue weighted by atomic mass is 9.97. The first-order chi connectivity index (χ1) is 5.74. The Bertz CT molecular complexity index is 204. The Balaban J connectivity index is 3.96. The number of ketones is 1. The molecule has 0 aliphatic rings. The van der Waals surface area contributed by atoms with E-state index in [0.29, 0.717) is 6.54 Å². The molecule has 0 aromatic heterocycles. The summed E-state index contributed by atoms with van der Waals surface area (Å²) in [6.45, 7) is 7.90. The van der Waals surface area contributed by atoms with Gasteiger partial charge in [0, 0.05) is 6.54 Å². The standard InChI is InChI=1S/C9H18N2O2/c1-6(10)7(12)8(13)11-5-9(2,3)4/h6H,5,10H2,1-4H3,(H,11,13)/t6-/m0/s1. The van der Waals surface area contributed by atoms with Gasteiger partial charge in [-0.3, -0.25) is 9.59 Å². The van der Waals surface area contributed by atoms with Crippen molar-refractivity contribution in [1.82, 2.24) is 5.32 Å². The molecule has 0 rings (SSSR count). The molecule has 0 heterocycles. The molecular formula is C9H18N2O2. The van der Waals surface area contributed by atoms with E-state index >= 15 is 0 Å². The van der Waals surface area contributed by atoms with Gasteiger partial charge in [0.25, 0.3) is 5.91 Å². The molecule has 0 aliphatic carbocycles. The zero-order valence-corrected chi connectivity index (χ0v) is 8.68. The number of nitrogens with two attached hydrogens (primary N) is 1. The minimum absolute atomic E-state index is 0.0201. The van der Waals surface area contributed by atoms with Gasteiger partial charge in [-0.05, 0) is 12.3 Å². The topological polar surface area (TPSA) is 72.2 Å². The van der Waals surface area contributed by atoms with E-state index in [1.54, 1.807) is 0 Å². The summed E-state index contributed by atoms with van der Waals surface area (Å²) in [6, 6.07) is -0.722. The number of carbonyl (C=O) groups is 2. The van der Waals surface area contributed by atoms with E-state index in [2.05, 4.69) is 5.32 Å². The van der Waals surface area contributed by atoms with Crippen molar-refractivity contribution in [3.05, 3.63) is 0 Å². The third-order valence-corrected chi connectivity index (χ3v) is 1.42. The quantitative estimate of drug-likeness (QED) is 0.612. The third-order valence-electron chi connectivity index (χ3n) is 1.42. The second-order valence-corrected chi connectivity index (χ2v) is 4.40. The molecule has 0 unspecified atom stereocenters. The Labute approximate surface area is 78.9 Å². The van der Waals surface area contributed by atoms with Crippen LogP contribution in [0, 0.1) is 5.41 Å². The number of carbonyl (C=O) groups excluding carboxylic acids is 2. The van der Waals surface area contributed by atoms with Crippen molar-refractivity contribution in [2.24, 2.45) is 11.1 Å². The number of amides is 1. The van der Waals surface area contributed by atoms with E-state index in [-0.39, 0.29) is 5.41 Å². The van der Waals surface area contributed by atoms with E-state index in [9.17, 15) is 9.59 Å². The molecule has 3 N–H and O–H groups in total. The van der Waals surface area contributed by atoms with E-state index in [1.165, 1.54) is 6.92 Å². The van der Waals surface area contributed by atoms with Crippen LogP contribution in [0.3, 0.4) is 0 Å². The normalized spacial score (nSPS) is 13.6. The molecule has 0 bridgehead atoms. The van der Waals surface area contributed by atoms with Crippen molar-refractivity contribution in [1.29, 1.82) is 0 Å². The van der Waals surface area contributed by atoms with Crippen molar-refractivity contribution in [2.45, 2.75) is 33.7 Å². The van der Waals surface area contributed by atoms with Crippen LogP contribution in [0.25, 0.3) is 0 Å². The zero-order valence-electron chi connectivity index (χ0n) is 8.68. The smallest absolute Gasteiger partial charge is 0.289 e. The van der Waals surface area contributed by atoms with Crippen LogP contribution in [0.2, 0.25) is 0 Å². The second-order valence-electron chi connectivity index (χ2n) is 4.40. The zero-order chi connectivity index (χ0) is 10.6. The molecule has 0 spiro atoms. The van der Waals surface area contributed by atoms with Gasteiger partial charge in [-0.25, -0.2) is 0 Å². The maximum absolute atomic E-state index is 11.1. The molecule has 0 aliphatic heterocycles. The fraction of sp³-hybridized carbons (Fsp3) is 0.778. The fourth-order valence-electron chi connectivity index (χ4n) is 0.639. The highest BCUT2D eigenvalue weighted by Gasteiger charge is 2.19. The molecule has 4 nitrogen and oxygen atoms in total. The number of hydrogen-bond donors (Lipinski definition) is 2. The Morgan fingerprint density at radius 2 is 1.85 bits per heavy atom. The van der Waals surface area contributed by atoms with Crippen LogP contribution in [0.1, 0.15) is 27.7 Å². The Kier molecular flexibility index (Phi) is 4.07. The summed E-state index contributed by atoms with van der Waals surface area (Å²) in [6.07, 6.45) is 0. The fourth-order valence-corrected chi connectivity index (χ4v) is 0.639. The summed E-state index contributed by atoms with van der Waals surface area (Å²) >= 11 is 0. The van der Waals surface area contributed by atoms with Crippen molar-refractivity contribution in [3.63, 3.8) is 0 Å². The summed E-state index contributed by atoms with van der Waals surface area (Å²) in [5.41, 5.74) is 5.25. The Morgan fingerprint density at radius 1 is 1.38 bits per heavy atom. The van der Waals surface area contributed by atoms with Gasteiger partial charge in [-0.1, -0.05) is 20.8 Å². The SMILES string of the molecule is C[C@H](N)C(=O)C(=O)NCC(C)(C)C. The first-order valence-electron chi connectivity index (χ1n) is 4.31. The molecule has 0 aromatic carbocycles. The van der Waals surface area contributed by atoms with Gasteiger partial charge in [0.15, 0.2) is 0 Å². The van der Waals surface area contributed by atoms with Crippen LogP contribution >= 0.6 is 0 Å². The third kappa shape index (κ3) is 5.36. The summed E-state index contributed by atoms with van der Waals surface area (Å²) < 4.78 is 0. The van der Waals surface area contributed by atoms with Crippen LogP contribution in [0.4, 0.5) is 0 Å². The molecule has 1 amide bonds. The van der Waals surface area contributed by atoms with Gasteiger partial charge >= 0.3 is 0 Å². The summed E-state index contributed by atoms with van der Waals surface area (Å²) in [7, 11) is 0. The first-order valence-corrected chi connectivity index (χ1v) is 4.31. The number of rotatable bonds is 3. The van der Waals surface area contributed by atoms with Gasteiger partial charge < -0.3 is 11.1 Å². The maximum atomic E-state index is 11.1. The lowest BCUT2D eigenvalue weighted by Gasteiger charge is -2.18. The summed E-state index contributed by atoms with van der Waals surface area (Å²) in [5.74, 6) is -1.16. The molecular weight excluding hydrogens is 168 g/mol. The molecule has 13 heavy (non-hydrogen) atoms. The molecule has 0 aromatic rings. The van der Waals surface area contributed by atoms with E-state index in [4.69, 9.17) is 5.73 Å². The van der Waals surface area contributed by atoms with Crippen molar-refractivity contribution in [3.8, 4) is 0 Å². The molecule has 0 saturated carbocycles. The van der Waals surface area contributed by atoms with Gasteiger partial charge in [0.1, 0.15) is 0 Å². The van der Waals surface area contributed by atoms with Crippen molar-refractivity contribution in [2.75, 3.05) is 6.54 Å². The monoisotopic (exact) mass is 186 g/mol. The molecule has 0 saturated heterocycles. The second kappa shape index (κ2) is 4.37. The van der Waals surface area contributed by atoms with Crippen LogP contribution in [-0.4, -0.2) is 24.3 Å². The molecule has 0 radical (unpaired) electrons. The highest BCUT2D eigenvalue weighted by Crippen LogP contribution is 2.09. The highest BCUT2D eigenvalue weighted by atomic mass is 16.2. The maximum Gasteiger partial charge on any atom is 0.289 e. The van der Waals surface area contributed by atoms with E-state index in [1.807, 2.05) is 20.8 Å². The van der Waals surface area contributed by atoms with Crippen LogP contribution in [0.5, 0.6) is 0 Å². The minimum atomic E-state index is -0.722. The summed E-state index contributed by atoms with van der Waals surface area (Å²) in [5, 5.41) is 2.54. The number of nitrogens with one attached hydrogen (secondary N) is 1. The molecule has 76 valence electrons. The van der Waals surface area contributed by atoms with E-state index < -0.39 is 17.7 Å². The van der Waals surface area contributed by atoms with Gasteiger partial charge in [0.2, 0.25) is 5.78 Å². The summed E-state index contributed by atoms with van der Waals surface area (Å²) in [4.78, 5) is 22.1. The van der Waals surface area contributed by atoms with Gasteiger partial charge in [-0.15, -0.1) is 0 Å². The molecule has 0 fully saturated rings. The van der Waals surface area contributed by atoms with Crippen LogP contribution in [-0.2, 0) is 9.59 Å². The van der Waals surface area contributed by atoms with Crippen molar-refractivity contribution < 1.29 is 9.59 Å². The largest absolute Gasteiger partial charge is 0.349 e. The lowest BCUT2D eigenvalue weighted by molar-refractivity contribution is -0.138. The van der Waals surface area contributed by atoms with Crippen LogP contribution in [0.15, 0.2) is 0 Å². The highest BCUT2D eigenvalue weighted by molar-refractivity contribution is 6.38. The Morgan fingerprint density at radius 3 is 2.15 bits per heavy atom. The average molecular weight is 186 g/mol. The lowest BCUT2D eigenvalue weighted by Crippen LogP contribution is -2.43. The minimum Gasteiger partial charge on any atom is -0.349 e. The Hall–Kier alpha value is -0.900. The molecule has 1 atom stereocenters. The van der Waals surface area contributed by atoms with Gasteiger partial charge in [-0.2, -0.15) is 0 Å². The average Bonchev–Trinajstić information content (AvgIpc) is 1.97. The predicted octanol–water partition coefficient (Wildman–Crippen LogP) is 0.0650. The van der Waals surface area contributed by atoms with Crippen molar-refractivity contribution >= 4 is 11.7 Å². The number of Topliss-reactive ketones (excluding diaryl/α,β-unsaturated/α-hetero) is 1. The van der Waals surface area contributed by atoms with Gasteiger partial charge in [0.05, 0.1) is 6.04 Å². The van der Waals surface area contributed by atoms with E-state index in [0.717, 1.165) is 0 Å². The molecule has 4 heteroatoms. The van der Waals surface area contributed by atoms with Crippen LogP contribution < -0.4 is 11.1 Å².